The molecule has 0 aromatic rings. The van der Waals surface area contributed by atoms with Gasteiger partial charge in [0.15, 0.2) is 0 Å². The predicted molar refractivity (Wildman–Crippen MR) is 45.8 cm³/mol. The lowest BCUT2D eigenvalue weighted by molar-refractivity contribution is -0.229. The predicted octanol–water partition coefficient (Wildman–Crippen LogP) is 1.91. The molecular weight excluding hydrogens is 156 g/mol. The summed E-state index contributed by atoms with van der Waals surface area (Å²) in [5, 5.41) is 0. The number of hydrogen-bond acceptors (Lipinski definition) is 3. The van der Waals surface area contributed by atoms with Crippen LogP contribution < -0.4 is 0 Å². The Morgan fingerprint density at radius 3 is 2.58 bits per heavy atom. The maximum atomic E-state index is 5.31. The minimum Gasteiger partial charge on any atom is -0.330 e. The molecule has 0 N–H and O–H groups in total. The molecule has 3 heteroatoms. The van der Waals surface area contributed by atoms with Gasteiger partial charge in [0.2, 0.25) is 0 Å². The topological polar surface area (TPSA) is 27.7 Å². The van der Waals surface area contributed by atoms with Crippen molar-refractivity contribution in [3.63, 3.8) is 0 Å². The van der Waals surface area contributed by atoms with Crippen LogP contribution in [0, 0.1) is 0 Å². The standard InChI is InChI=1S/C9H18O3/c1-2-3-4-5-6-10-9-11-7-8-12-9/h9H,2-8H2,1H3. The molecule has 0 aliphatic carbocycles. The van der Waals surface area contributed by atoms with E-state index in [0.717, 1.165) is 13.0 Å². The molecule has 0 unspecified atom stereocenters. The van der Waals surface area contributed by atoms with E-state index >= 15 is 0 Å². The number of unbranched alkanes of at least 4 members (excludes halogenated alkanes) is 3. The van der Waals surface area contributed by atoms with Gasteiger partial charge in [-0.3, -0.25) is 0 Å². The average Bonchev–Trinajstić information content (AvgIpc) is 2.57. The fourth-order valence-corrected chi connectivity index (χ4v) is 1.14. The van der Waals surface area contributed by atoms with Crippen molar-refractivity contribution in [3.05, 3.63) is 0 Å². The molecule has 0 atom stereocenters. The second-order valence-corrected chi connectivity index (χ2v) is 2.96. The summed E-state index contributed by atoms with van der Waals surface area (Å²) < 4.78 is 15.5. The Morgan fingerprint density at radius 2 is 1.92 bits per heavy atom. The van der Waals surface area contributed by atoms with E-state index in [1.165, 1.54) is 19.3 Å². The molecule has 72 valence electrons. The Morgan fingerprint density at radius 1 is 1.17 bits per heavy atom. The minimum atomic E-state index is -0.383. The van der Waals surface area contributed by atoms with Crippen molar-refractivity contribution in [2.45, 2.75) is 39.1 Å². The molecular formula is C9H18O3. The van der Waals surface area contributed by atoms with Gasteiger partial charge in [-0.05, 0) is 6.42 Å². The van der Waals surface area contributed by atoms with Gasteiger partial charge in [0.1, 0.15) is 0 Å². The molecule has 3 nitrogen and oxygen atoms in total. The van der Waals surface area contributed by atoms with Crippen LogP contribution in [0.25, 0.3) is 0 Å². The zero-order valence-corrected chi connectivity index (χ0v) is 7.75. The Hall–Kier alpha value is -0.120. The summed E-state index contributed by atoms with van der Waals surface area (Å²) >= 11 is 0. The smallest absolute Gasteiger partial charge is 0.271 e. The molecule has 0 spiro atoms. The van der Waals surface area contributed by atoms with Gasteiger partial charge in [0.25, 0.3) is 6.48 Å². The van der Waals surface area contributed by atoms with Crippen molar-refractivity contribution in [1.82, 2.24) is 0 Å². The van der Waals surface area contributed by atoms with Crippen LogP contribution in [-0.4, -0.2) is 26.3 Å². The Balaban J connectivity index is 1.81. The van der Waals surface area contributed by atoms with E-state index in [9.17, 15) is 0 Å². The molecule has 0 amide bonds. The summed E-state index contributed by atoms with van der Waals surface area (Å²) in [5.41, 5.74) is 0. The van der Waals surface area contributed by atoms with E-state index in [2.05, 4.69) is 6.92 Å². The van der Waals surface area contributed by atoms with Crippen LogP contribution in [-0.2, 0) is 14.2 Å². The van der Waals surface area contributed by atoms with Crippen molar-refractivity contribution >= 4 is 0 Å². The number of rotatable bonds is 6. The lowest BCUT2D eigenvalue weighted by Gasteiger charge is -2.09. The molecule has 0 aromatic carbocycles. The lowest BCUT2D eigenvalue weighted by atomic mass is 10.2. The second-order valence-electron chi connectivity index (χ2n) is 2.96. The summed E-state index contributed by atoms with van der Waals surface area (Å²) in [6.45, 7) is 3.90. The quantitative estimate of drug-likeness (QED) is 0.576. The molecule has 1 fully saturated rings. The van der Waals surface area contributed by atoms with Gasteiger partial charge in [0, 0.05) is 0 Å². The first-order chi connectivity index (χ1) is 5.93. The van der Waals surface area contributed by atoms with Crippen molar-refractivity contribution in [2.24, 2.45) is 0 Å². The van der Waals surface area contributed by atoms with Crippen LogP contribution in [0.4, 0.5) is 0 Å². The third-order valence-corrected chi connectivity index (χ3v) is 1.84. The third kappa shape index (κ3) is 4.04. The van der Waals surface area contributed by atoms with Crippen molar-refractivity contribution < 1.29 is 14.2 Å². The van der Waals surface area contributed by atoms with E-state index in [4.69, 9.17) is 14.2 Å². The molecule has 12 heavy (non-hydrogen) atoms. The zero-order valence-electron chi connectivity index (χ0n) is 7.75. The highest BCUT2D eigenvalue weighted by Crippen LogP contribution is 2.06. The fourth-order valence-electron chi connectivity index (χ4n) is 1.14. The molecule has 0 aromatic heterocycles. The van der Waals surface area contributed by atoms with E-state index in [-0.39, 0.29) is 6.48 Å². The normalized spacial score (nSPS) is 18.8. The van der Waals surface area contributed by atoms with Crippen molar-refractivity contribution in [2.75, 3.05) is 19.8 Å². The lowest BCUT2D eigenvalue weighted by Crippen LogP contribution is -2.13. The molecule has 1 saturated heterocycles. The third-order valence-electron chi connectivity index (χ3n) is 1.84. The summed E-state index contributed by atoms with van der Waals surface area (Å²) in [5.74, 6) is 0. The van der Waals surface area contributed by atoms with Gasteiger partial charge < -0.3 is 14.2 Å². The van der Waals surface area contributed by atoms with Crippen LogP contribution in [0.15, 0.2) is 0 Å². The highest BCUT2D eigenvalue weighted by molar-refractivity contribution is 4.42. The molecule has 0 radical (unpaired) electrons. The number of ether oxygens (including phenoxy) is 3. The van der Waals surface area contributed by atoms with E-state index in [1.807, 2.05) is 0 Å². The molecule has 0 saturated carbocycles. The monoisotopic (exact) mass is 174 g/mol. The Labute approximate surface area is 74.0 Å². The first-order valence-electron chi connectivity index (χ1n) is 4.78. The first kappa shape index (κ1) is 9.96. The van der Waals surface area contributed by atoms with Gasteiger partial charge in [-0.2, -0.15) is 0 Å². The summed E-state index contributed by atoms with van der Waals surface area (Å²) in [7, 11) is 0. The van der Waals surface area contributed by atoms with Crippen LogP contribution in [0.2, 0.25) is 0 Å². The molecule has 1 aliphatic rings. The fraction of sp³-hybridized carbons (Fsp3) is 1.00. The number of hydrogen-bond donors (Lipinski definition) is 0. The zero-order chi connectivity index (χ0) is 8.65. The van der Waals surface area contributed by atoms with Gasteiger partial charge in [0.05, 0.1) is 19.8 Å². The van der Waals surface area contributed by atoms with Gasteiger partial charge in [-0.25, -0.2) is 0 Å². The van der Waals surface area contributed by atoms with E-state index in [1.54, 1.807) is 0 Å². The Kier molecular flexibility index (Phi) is 5.32. The van der Waals surface area contributed by atoms with E-state index in [0.29, 0.717) is 13.2 Å². The Bertz CT molecular complexity index is 99.9. The minimum absolute atomic E-state index is 0.383. The highest BCUT2D eigenvalue weighted by atomic mass is 16.9. The van der Waals surface area contributed by atoms with Crippen LogP contribution >= 0.6 is 0 Å². The average molecular weight is 174 g/mol. The van der Waals surface area contributed by atoms with E-state index < -0.39 is 0 Å². The molecule has 0 bridgehead atoms. The second kappa shape index (κ2) is 6.40. The van der Waals surface area contributed by atoms with Crippen LogP contribution in [0.3, 0.4) is 0 Å². The van der Waals surface area contributed by atoms with Gasteiger partial charge in [-0.15, -0.1) is 0 Å². The maximum Gasteiger partial charge on any atom is 0.271 e. The van der Waals surface area contributed by atoms with Gasteiger partial charge >= 0.3 is 0 Å². The van der Waals surface area contributed by atoms with Crippen molar-refractivity contribution in [1.29, 1.82) is 0 Å². The molecule has 1 heterocycles. The van der Waals surface area contributed by atoms with Crippen LogP contribution in [0.1, 0.15) is 32.6 Å². The van der Waals surface area contributed by atoms with Crippen LogP contribution in [0.5, 0.6) is 0 Å². The summed E-state index contributed by atoms with van der Waals surface area (Å²) in [6, 6.07) is 0. The highest BCUT2D eigenvalue weighted by Gasteiger charge is 2.15. The molecule has 1 aliphatic heterocycles. The first-order valence-corrected chi connectivity index (χ1v) is 4.78. The summed E-state index contributed by atoms with van der Waals surface area (Å²) in [4.78, 5) is 0. The maximum absolute atomic E-state index is 5.31. The summed E-state index contributed by atoms with van der Waals surface area (Å²) in [6.07, 6.45) is 4.90. The van der Waals surface area contributed by atoms with Gasteiger partial charge in [-0.1, -0.05) is 26.2 Å². The SMILES string of the molecule is CCCCCCOC1OCCO1. The van der Waals surface area contributed by atoms with Crippen molar-refractivity contribution in [3.8, 4) is 0 Å². The molecule has 1 rings (SSSR count). The largest absolute Gasteiger partial charge is 0.330 e.